The Labute approximate surface area is 121 Å². The highest BCUT2D eigenvalue weighted by Crippen LogP contribution is 2.30. The van der Waals surface area contributed by atoms with E-state index in [0.29, 0.717) is 12.8 Å². The predicted molar refractivity (Wildman–Crippen MR) is 75.7 cm³/mol. The first-order valence-corrected chi connectivity index (χ1v) is 6.88. The third-order valence-electron chi connectivity index (χ3n) is 3.53. The van der Waals surface area contributed by atoms with Crippen LogP contribution in [0, 0.1) is 5.82 Å². The van der Waals surface area contributed by atoms with Crippen molar-refractivity contribution in [3.63, 3.8) is 0 Å². The summed E-state index contributed by atoms with van der Waals surface area (Å²) in [7, 11) is 0. The van der Waals surface area contributed by atoms with Crippen LogP contribution in [0.4, 0.5) is 4.39 Å². The topological polar surface area (TPSA) is 29.5 Å². The zero-order chi connectivity index (χ0) is 14.1. The van der Waals surface area contributed by atoms with Gasteiger partial charge in [0.2, 0.25) is 0 Å². The number of fused-ring (bicyclic) bond motifs is 1. The van der Waals surface area contributed by atoms with Crippen LogP contribution in [0.5, 0.6) is 5.75 Å². The van der Waals surface area contributed by atoms with Gasteiger partial charge in [-0.05, 0) is 29.3 Å². The number of aliphatic hydroxyl groups excluding tert-OH is 1. The van der Waals surface area contributed by atoms with Crippen LogP contribution in [0.3, 0.4) is 0 Å². The molecule has 0 aromatic heterocycles. The van der Waals surface area contributed by atoms with Gasteiger partial charge in [0.15, 0.2) is 0 Å². The number of ether oxygens (including phenoxy) is 1. The lowest BCUT2D eigenvalue weighted by atomic mass is 10.0. The fourth-order valence-corrected chi connectivity index (χ4v) is 2.67. The van der Waals surface area contributed by atoms with Gasteiger partial charge in [-0.3, -0.25) is 0 Å². The Hall–Kier alpha value is -1.58. The highest BCUT2D eigenvalue weighted by molar-refractivity contribution is 6.30. The summed E-state index contributed by atoms with van der Waals surface area (Å²) in [6.07, 6.45) is 0.158. The maximum Gasteiger partial charge on any atom is 0.141 e. The van der Waals surface area contributed by atoms with Crippen LogP contribution in [0.15, 0.2) is 42.5 Å². The Morgan fingerprint density at radius 2 is 2.10 bits per heavy atom. The molecule has 0 radical (unpaired) electrons. The maximum absolute atomic E-state index is 13.1. The van der Waals surface area contributed by atoms with Gasteiger partial charge in [-0.1, -0.05) is 35.9 Å². The zero-order valence-corrected chi connectivity index (χ0v) is 11.5. The second-order valence-electron chi connectivity index (χ2n) is 4.99. The molecule has 0 aliphatic carbocycles. The van der Waals surface area contributed by atoms with Crippen LogP contribution in [0.1, 0.15) is 11.1 Å². The Bertz CT molecular complexity index is 605. The van der Waals surface area contributed by atoms with E-state index in [-0.39, 0.29) is 11.1 Å². The van der Waals surface area contributed by atoms with Crippen LogP contribution in [-0.2, 0) is 12.8 Å². The number of aliphatic hydroxyl groups is 1. The first-order chi connectivity index (χ1) is 9.63. The molecule has 3 rings (SSSR count). The average molecular weight is 293 g/mol. The molecule has 0 fully saturated rings. The standard InChI is InChI=1S/C16H14ClFO2/c17-12-7-10(5-6-13(12)18)8-14(19)16-9-11-3-1-2-4-15(11)20-16/h1-7,14,16,19H,8-9H2. The first kappa shape index (κ1) is 13.4. The third-order valence-corrected chi connectivity index (χ3v) is 3.82. The van der Waals surface area contributed by atoms with Crippen molar-refractivity contribution in [2.24, 2.45) is 0 Å². The summed E-state index contributed by atoms with van der Waals surface area (Å²) in [6, 6.07) is 12.3. The molecule has 1 N–H and O–H groups in total. The summed E-state index contributed by atoms with van der Waals surface area (Å²) >= 11 is 5.74. The van der Waals surface area contributed by atoms with Crippen LogP contribution < -0.4 is 4.74 Å². The zero-order valence-electron chi connectivity index (χ0n) is 10.7. The minimum absolute atomic E-state index is 0.0744. The number of para-hydroxylation sites is 1. The molecular weight excluding hydrogens is 279 g/mol. The van der Waals surface area contributed by atoms with E-state index in [1.165, 1.54) is 6.07 Å². The summed E-state index contributed by atoms with van der Waals surface area (Å²) in [4.78, 5) is 0. The van der Waals surface area contributed by atoms with E-state index >= 15 is 0 Å². The maximum atomic E-state index is 13.1. The van der Waals surface area contributed by atoms with Crippen molar-refractivity contribution in [3.05, 3.63) is 64.4 Å². The molecule has 0 saturated heterocycles. The number of halogens is 2. The molecule has 2 nitrogen and oxygen atoms in total. The lowest BCUT2D eigenvalue weighted by Crippen LogP contribution is -2.31. The largest absolute Gasteiger partial charge is 0.487 e. The second kappa shape index (κ2) is 5.43. The molecule has 20 heavy (non-hydrogen) atoms. The Morgan fingerprint density at radius 1 is 1.30 bits per heavy atom. The Kier molecular flexibility index (Phi) is 3.64. The van der Waals surface area contributed by atoms with Gasteiger partial charge < -0.3 is 9.84 Å². The van der Waals surface area contributed by atoms with Crippen molar-refractivity contribution in [3.8, 4) is 5.75 Å². The number of rotatable bonds is 3. The summed E-state index contributed by atoms with van der Waals surface area (Å²) in [5, 5.41) is 10.3. The van der Waals surface area contributed by atoms with Crippen LogP contribution in [0.2, 0.25) is 5.02 Å². The fraction of sp³-hybridized carbons (Fsp3) is 0.250. The monoisotopic (exact) mass is 292 g/mol. The predicted octanol–water partition coefficient (Wildman–Crippen LogP) is 3.39. The fourth-order valence-electron chi connectivity index (χ4n) is 2.46. The molecule has 1 heterocycles. The normalized spacial score (nSPS) is 18.4. The summed E-state index contributed by atoms with van der Waals surface area (Å²) in [5.41, 5.74) is 1.90. The van der Waals surface area contributed by atoms with Crippen molar-refractivity contribution >= 4 is 11.6 Å². The van der Waals surface area contributed by atoms with E-state index in [1.54, 1.807) is 12.1 Å². The van der Waals surface area contributed by atoms with Gasteiger partial charge in [0.1, 0.15) is 17.7 Å². The van der Waals surface area contributed by atoms with E-state index in [2.05, 4.69) is 0 Å². The molecule has 1 aliphatic heterocycles. The molecule has 2 unspecified atom stereocenters. The van der Waals surface area contributed by atoms with Crippen molar-refractivity contribution in [2.45, 2.75) is 25.0 Å². The molecule has 1 aliphatic rings. The quantitative estimate of drug-likeness (QED) is 0.940. The first-order valence-electron chi connectivity index (χ1n) is 6.50. The van der Waals surface area contributed by atoms with Crippen molar-refractivity contribution in [2.75, 3.05) is 0 Å². The van der Waals surface area contributed by atoms with Gasteiger partial charge in [0, 0.05) is 12.8 Å². The van der Waals surface area contributed by atoms with Gasteiger partial charge in [0.25, 0.3) is 0 Å². The summed E-state index contributed by atoms with van der Waals surface area (Å²) in [5.74, 6) is 0.378. The van der Waals surface area contributed by atoms with Crippen molar-refractivity contribution < 1.29 is 14.2 Å². The van der Waals surface area contributed by atoms with Gasteiger partial charge in [-0.2, -0.15) is 0 Å². The van der Waals surface area contributed by atoms with Crippen molar-refractivity contribution in [1.82, 2.24) is 0 Å². The van der Waals surface area contributed by atoms with Crippen LogP contribution in [-0.4, -0.2) is 17.3 Å². The molecule has 2 aromatic carbocycles. The average Bonchev–Trinajstić information content (AvgIpc) is 2.87. The molecule has 4 heteroatoms. The molecule has 0 saturated carbocycles. The summed E-state index contributed by atoms with van der Waals surface area (Å²) < 4.78 is 18.8. The minimum atomic E-state index is -0.649. The number of hydrogen-bond acceptors (Lipinski definition) is 2. The van der Waals surface area contributed by atoms with Gasteiger partial charge >= 0.3 is 0 Å². The number of benzene rings is 2. The Balaban J connectivity index is 1.69. The van der Waals surface area contributed by atoms with E-state index in [9.17, 15) is 9.50 Å². The van der Waals surface area contributed by atoms with Crippen LogP contribution >= 0.6 is 11.6 Å². The molecule has 2 atom stereocenters. The Morgan fingerprint density at radius 3 is 2.85 bits per heavy atom. The molecular formula is C16H14ClFO2. The molecule has 104 valence electrons. The minimum Gasteiger partial charge on any atom is -0.487 e. The van der Waals surface area contributed by atoms with E-state index in [4.69, 9.17) is 16.3 Å². The van der Waals surface area contributed by atoms with E-state index in [0.717, 1.165) is 16.9 Å². The van der Waals surface area contributed by atoms with Gasteiger partial charge in [-0.25, -0.2) is 4.39 Å². The highest BCUT2D eigenvalue weighted by Gasteiger charge is 2.28. The van der Waals surface area contributed by atoms with Gasteiger partial charge in [-0.15, -0.1) is 0 Å². The SMILES string of the molecule is OC(Cc1ccc(F)c(Cl)c1)C1Cc2ccccc2O1. The molecule has 0 amide bonds. The van der Waals surface area contributed by atoms with E-state index in [1.807, 2.05) is 24.3 Å². The van der Waals surface area contributed by atoms with E-state index < -0.39 is 11.9 Å². The highest BCUT2D eigenvalue weighted by atomic mass is 35.5. The lowest BCUT2D eigenvalue weighted by Gasteiger charge is -2.18. The van der Waals surface area contributed by atoms with Crippen molar-refractivity contribution in [1.29, 1.82) is 0 Å². The smallest absolute Gasteiger partial charge is 0.141 e. The molecule has 0 spiro atoms. The van der Waals surface area contributed by atoms with Gasteiger partial charge in [0.05, 0.1) is 11.1 Å². The second-order valence-corrected chi connectivity index (χ2v) is 5.40. The summed E-state index contributed by atoms with van der Waals surface area (Å²) in [6.45, 7) is 0. The van der Waals surface area contributed by atoms with Crippen LogP contribution in [0.25, 0.3) is 0 Å². The third kappa shape index (κ3) is 2.65. The number of hydrogen-bond donors (Lipinski definition) is 1. The lowest BCUT2D eigenvalue weighted by molar-refractivity contribution is 0.0503. The molecule has 0 bridgehead atoms. The molecule has 2 aromatic rings.